The van der Waals surface area contributed by atoms with Gasteiger partial charge in [0.25, 0.3) is 5.91 Å². The minimum absolute atomic E-state index is 0.0995. The summed E-state index contributed by atoms with van der Waals surface area (Å²) >= 11 is 0. The summed E-state index contributed by atoms with van der Waals surface area (Å²) in [5, 5.41) is 13.3. The van der Waals surface area contributed by atoms with Crippen LogP contribution in [0.2, 0.25) is 0 Å². The second kappa shape index (κ2) is 6.76. The zero-order valence-corrected chi connectivity index (χ0v) is 15.6. The molecule has 1 saturated carbocycles. The number of amides is 1. The van der Waals surface area contributed by atoms with E-state index in [0.29, 0.717) is 30.5 Å². The number of benzene rings is 1. The zero-order chi connectivity index (χ0) is 19.0. The van der Waals surface area contributed by atoms with Crippen LogP contribution in [0.25, 0.3) is 0 Å². The first-order chi connectivity index (χ1) is 12.9. The molecule has 0 spiro atoms. The van der Waals surface area contributed by atoms with Crippen molar-refractivity contribution in [2.45, 2.75) is 45.3 Å². The molecule has 1 fully saturated rings. The third kappa shape index (κ3) is 3.99. The highest BCUT2D eigenvalue weighted by atomic mass is 16.5. The van der Waals surface area contributed by atoms with Gasteiger partial charge in [0.2, 0.25) is 5.88 Å². The standard InChI is InChI=1S/C21H24N2O4/c1-21(2)9-15-6-7-16(18(24)19(15)27-21)20(25)23-11-14-5-8-17(22-10-14)26-12-13-3-4-13/h5-8,10,13,24H,3-4,9,11-12H2,1-2H3,(H,23,25). The third-order valence-electron chi connectivity index (χ3n) is 4.87. The van der Waals surface area contributed by atoms with E-state index in [2.05, 4.69) is 10.3 Å². The number of aromatic hydroxyl groups is 1. The molecule has 4 rings (SSSR count). The van der Waals surface area contributed by atoms with Crippen LogP contribution in [0.15, 0.2) is 30.5 Å². The smallest absolute Gasteiger partial charge is 0.255 e. The highest BCUT2D eigenvalue weighted by molar-refractivity contribution is 5.98. The summed E-state index contributed by atoms with van der Waals surface area (Å²) < 4.78 is 11.4. The number of phenols is 1. The van der Waals surface area contributed by atoms with Gasteiger partial charge in [0.05, 0.1) is 12.2 Å². The second-order valence-corrected chi connectivity index (χ2v) is 7.93. The van der Waals surface area contributed by atoms with Crippen molar-refractivity contribution in [2.75, 3.05) is 6.61 Å². The average molecular weight is 368 g/mol. The Hall–Kier alpha value is -2.76. The van der Waals surface area contributed by atoms with E-state index in [9.17, 15) is 9.90 Å². The number of ether oxygens (including phenoxy) is 2. The van der Waals surface area contributed by atoms with E-state index in [4.69, 9.17) is 9.47 Å². The topological polar surface area (TPSA) is 80.7 Å². The van der Waals surface area contributed by atoms with Crippen molar-refractivity contribution in [1.82, 2.24) is 10.3 Å². The van der Waals surface area contributed by atoms with E-state index in [1.165, 1.54) is 12.8 Å². The number of aromatic nitrogens is 1. The molecule has 6 nitrogen and oxygen atoms in total. The highest BCUT2D eigenvalue weighted by Crippen LogP contribution is 2.43. The molecule has 27 heavy (non-hydrogen) atoms. The van der Waals surface area contributed by atoms with Gasteiger partial charge in [-0.15, -0.1) is 0 Å². The monoisotopic (exact) mass is 368 g/mol. The van der Waals surface area contributed by atoms with Crippen molar-refractivity contribution in [1.29, 1.82) is 0 Å². The maximum absolute atomic E-state index is 12.5. The van der Waals surface area contributed by atoms with Crippen LogP contribution in [0, 0.1) is 5.92 Å². The van der Waals surface area contributed by atoms with Crippen molar-refractivity contribution in [3.05, 3.63) is 47.2 Å². The predicted molar refractivity (Wildman–Crippen MR) is 100 cm³/mol. The van der Waals surface area contributed by atoms with Crippen LogP contribution in [-0.2, 0) is 13.0 Å². The lowest BCUT2D eigenvalue weighted by Crippen LogP contribution is -2.25. The van der Waals surface area contributed by atoms with E-state index in [0.717, 1.165) is 17.7 Å². The molecule has 1 amide bonds. The number of hydrogen-bond donors (Lipinski definition) is 2. The summed E-state index contributed by atoms with van der Waals surface area (Å²) in [5.74, 6) is 1.25. The number of phenolic OH excluding ortho intramolecular Hbond substituents is 1. The molecule has 6 heteroatoms. The predicted octanol–water partition coefficient (Wildman–Crippen LogP) is 3.22. The number of pyridine rings is 1. The molecule has 0 atom stereocenters. The fraction of sp³-hybridized carbons (Fsp3) is 0.429. The van der Waals surface area contributed by atoms with Crippen LogP contribution >= 0.6 is 0 Å². The summed E-state index contributed by atoms with van der Waals surface area (Å²) in [5.41, 5.74) is 1.62. The number of carbonyl (C=O) groups excluding carboxylic acids is 1. The van der Waals surface area contributed by atoms with Crippen molar-refractivity contribution < 1.29 is 19.4 Å². The van der Waals surface area contributed by atoms with Crippen LogP contribution in [0.4, 0.5) is 0 Å². The minimum atomic E-state index is -0.371. The Labute approximate surface area is 158 Å². The van der Waals surface area contributed by atoms with Crippen LogP contribution in [0.3, 0.4) is 0 Å². The number of fused-ring (bicyclic) bond motifs is 1. The SMILES string of the molecule is CC1(C)Cc2ccc(C(=O)NCc3ccc(OCC4CC4)nc3)c(O)c2O1. The van der Waals surface area contributed by atoms with Gasteiger partial charge in [-0.25, -0.2) is 4.98 Å². The third-order valence-corrected chi connectivity index (χ3v) is 4.87. The number of hydrogen-bond acceptors (Lipinski definition) is 5. The molecule has 0 unspecified atom stereocenters. The first-order valence-electron chi connectivity index (χ1n) is 9.31. The Kier molecular flexibility index (Phi) is 4.42. The molecule has 1 aliphatic carbocycles. The summed E-state index contributed by atoms with van der Waals surface area (Å²) in [6.07, 6.45) is 4.87. The van der Waals surface area contributed by atoms with Crippen LogP contribution in [0.5, 0.6) is 17.4 Å². The number of rotatable bonds is 6. The molecule has 1 aromatic carbocycles. The summed E-state index contributed by atoms with van der Waals surface area (Å²) in [7, 11) is 0. The Balaban J connectivity index is 1.37. The summed E-state index contributed by atoms with van der Waals surface area (Å²) in [6, 6.07) is 7.17. The molecule has 1 aromatic heterocycles. The highest BCUT2D eigenvalue weighted by Gasteiger charge is 2.33. The van der Waals surface area contributed by atoms with Crippen LogP contribution in [-0.4, -0.2) is 28.2 Å². The molecule has 2 heterocycles. The number of nitrogens with one attached hydrogen (secondary N) is 1. The molecule has 2 aliphatic rings. The molecule has 2 aromatic rings. The first kappa shape index (κ1) is 17.6. The van der Waals surface area contributed by atoms with Crippen LogP contribution < -0.4 is 14.8 Å². The van der Waals surface area contributed by atoms with E-state index in [1.54, 1.807) is 12.3 Å². The maximum atomic E-state index is 12.5. The molecule has 1 aliphatic heterocycles. The van der Waals surface area contributed by atoms with E-state index >= 15 is 0 Å². The van der Waals surface area contributed by atoms with Gasteiger partial charge in [0.15, 0.2) is 11.5 Å². The van der Waals surface area contributed by atoms with Crippen molar-refractivity contribution in [3.8, 4) is 17.4 Å². The molecule has 2 N–H and O–H groups in total. The van der Waals surface area contributed by atoms with Gasteiger partial charge in [0, 0.05) is 30.8 Å². The zero-order valence-electron chi connectivity index (χ0n) is 15.6. The first-order valence-corrected chi connectivity index (χ1v) is 9.31. The van der Waals surface area contributed by atoms with Crippen molar-refractivity contribution >= 4 is 5.91 Å². The summed E-state index contributed by atoms with van der Waals surface area (Å²) in [6.45, 7) is 4.95. The molecule has 0 saturated heterocycles. The van der Waals surface area contributed by atoms with Gasteiger partial charge in [-0.2, -0.15) is 0 Å². The van der Waals surface area contributed by atoms with Gasteiger partial charge in [-0.05, 0) is 44.2 Å². The molecule has 0 radical (unpaired) electrons. The molecule has 0 bridgehead atoms. The number of carbonyl (C=O) groups is 1. The lowest BCUT2D eigenvalue weighted by atomic mass is 10.0. The minimum Gasteiger partial charge on any atom is -0.504 e. The Morgan fingerprint density at radius 1 is 1.33 bits per heavy atom. The lowest BCUT2D eigenvalue weighted by Gasteiger charge is -2.17. The van der Waals surface area contributed by atoms with E-state index in [1.807, 2.05) is 32.0 Å². The fourth-order valence-corrected chi connectivity index (χ4v) is 3.19. The number of nitrogens with zero attached hydrogens (tertiary/aromatic N) is 1. The Bertz CT molecular complexity index is 857. The largest absolute Gasteiger partial charge is 0.504 e. The van der Waals surface area contributed by atoms with Crippen molar-refractivity contribution in [2.24, 2.45) is 5.92 Å². The molecule has 142 valence electrons. The quantitative estimate of drug-likeness (QED) is 0.818. The van der Waals surface area contributed by atoms with Gasteiger partial charge in [-0.3, -0.25) is 4.79 Å². The van der Waals surface area contributed by atoms with Gasteiger partial charge >= 0.3 is 0 Å². The van der Waals surface area contributed by atoms with Gasteiger partial charge < -0.3 is 19.9 Å². The van der Waals surface area contributed by atoms with Crippen LogP contribution in [0.1, 0.15) is 48.2 Å². The molecular weight excluding hydrogens is 344 g/mol. The molecular formula is C21H24N2O4. The van der Waals surface area contributed by atoms with E-state index in [-0.39, 0.29) is 22.8 Å². The second-order valence-electron chi connectivity index (χ2n) is 7.93. The normalized spacial score (nSPS) is 17.1. The van der Waals surface area contributed by atoms with Gasteiger partial charge in [-0.1, -0.05) is 12.1 Å². The fourth-order valence-electron chi connectivity index (χ4n) is 3.19. The lowest BCUT2D eigenvalue weighted by molar-refractivity contribution is 0.0944. The average Bonchev–Trinajstić information content (AvgIpc) is 3.40. The maximum Gasteiger partial charge on any atom is 0.255 e. The van der Waals surface area contributed by atoms with E-state index < -0.39 is 0 Å². The Morgan fingerprint density at radius 2 is 2.15 bits per heavy atom. The Morgan fingerprint density at radius 3 is 2.85 bits per heavy atom. The van der Waals surface area contributed by atoms with Gasteiger partial charge in [0.1, 0.15) is 5.60 Å². The van der Waals surface area contributed by atoms with Crippen molar-refractivity contribution in [3.63, 3.8) is 0 Å². The summed E-state index contributed by atoms with van der Waals surface area (Å²) in [4.78, 5) is 16.7.